The molecular weight excluding hydrogens is 382 g/mol. The summed E-state index contributed by atoms with van der Waals surface area (Å²) in [5, 5.41) is 12.5. The number of fused-ring (bicyclic) bond motifs is 1. The summed E-state index contributed by atoms with van der Waals surface area (Å²) in [6.07, 6.45) is 0. The molecule has 31 heavy (non-hydrogen) atoms. The molecule has 0 saturated heterocycles. The maximum atomic E-state index is 13.5. The average molecular weight is 414 g/mol. The van der Waals surface area contributed by atoms with E-state index in [0.29, 0.717) is 0 Å². The lowest BCUT2D eigenvalue weighted by Crippen LogP contribution is -2.40. The van der Waals surface area contributed by atoms with Crippen LogP contribution in [0.15, 0.2) is 66.7 Å². The van der Waals surface area contributed by atoms with Crippen LogP contribution in [0, 0.1) is 16.7 Å². The number of rotatable bonds is 5. The van der Waals surface area contributed by atoms with Crippen LogP contribution < -0.4 is 0 Å². The Kier molecular flexibility index (Phi) is 6.23. The summed E-state index contributed by atoms with van der Waals surface area (Å²) in [4.78, 5) is 13.5. The van der Waals surface area contributed by atoms with E-state index >= 15 is 0 Å². The van der Waals surface area contributed by atoms with Gasteiger partial charge >= 0.3 is 5.97 Å². The van der Waals surface area contributed by atoms with Crippen molar-refractivity contribution in [3.8, 4) is 6.07 Å². The molecule has 3 heteroatoms. The highest BCUT2D eigenvalue weighted by Gasteiger charge is 2.47. The molecule has 0 aliphatic heterocycles. The van der Waals surface area contributed by atoms with Crippen molar-refractivity contribution in [2.75, 3.05) is 0 Å². The highest BCUT2D eigenvalue weighted by atomic mass is 16.6. The normalized spacial score (nSPS) is 14.6. The van der Waals surface area contributed by atoms with Gasteiger partial charge in [0.1, 0.15) is 5.60 Å². The molecule has 0 amide bonds. The molecule has 160 valence electrons. The van der Waals surface area contributed by atoms with Crippen LogP contribution >= 0.6 is 0 Å². The first-order chi connectivity index (χ1) is 14.6. The molecule has 2 atom stereocenters. The second-order valence-electron chi connectivity index (χ2n) is 9.60. The molecule has 0 bridgehead atoms. The van der Waals surface area contributed by atoms with Gasteiger partial charge in [0.25, 0.3) is 0 Å². The first-order valence-electron chi connectivity index (χ1n) is 10.8. The maximum Gasteiger partial charge on any atom is 0.327 e. The number of carbonyl (C=O) groups is 1. The van der Waals surface area contributed by atoms with Gasteiger partial charge in [-0.3, -0.25) is 4.79 Å². The van der Waals surface area contributed by atoms with Crippen molar-refractivity contribution >= 4 is 16.7 Å². The number of ether oxygens (including phenoxy) is 1. The first kappa shape index (κ1) is 22.6. The summed E-state index contributed by atoms with van der Waals surface area (Å²) < 4.78 is 5.77. The molecular formula is C28H31NO2. The van der Waals surface area contributed by atoms with E-state index in [1.54, 1.807) is 6.92 Å². The summed E-state index contributed by atoms with van der Waals surface area (Å²) >= 11 is 0. The number of nitriles is 1. The van der Waals surface area contributed by atoms with E-state index < -0.39 is 22.9 Å². The Hall–Kier alpha value is -3.12. The van der Waals surface area contributed by atoms with Gasteiger partial charge in [0.05, 0.1) is 6.07 Å². The largest absolute Gasteiger partial charge is 0.459 e. The van der Waals surface area contributed by atoms with Crippen molar-refractivity contribution in [1.82, 2.24) is 0 Å². The van der Waals surface area contributed by atoms with E-state index in [-0.39, 0.29) is 5.92 Å². The third kappa shape index (κ3) is 4.49. The molecule has 0 fully saturated rings. The quantitative estimate of drug-likeness (QED) is 0.425. The van der Waals surface area contributed by atoms with E-state index in [1.807, 2.05) is 63.2 Å². The van der Waals surface area contributed by atoms with Crippen LogP contribution in [-0.2, 0) is 9.53 Å². The molecule has 0 aromatic heterocycles. The predicted octanol–water partition coefficient (Wildman–Crippen LogP) is 6.97. The van der Waals surface area contributed by atoms with E-state index in [9.17, 15) is 10.1 Å². The fourth-order valence-corrected chi connectivity index (χ4v) is 4.20. The molecule has 3 aromatic carbocycles. The summed E-state index contributed by atoms with van der Waals surface area (Å²) in [6, 6.07) is 24.7. The van der Waals surface area contributed by atoms with Crippen LogP contribution in [0.1, 0.15) is 70.1 Å². The summed E-state index contributed by atoms with van der Waals surface area (Å²) in [6.45, 7) is 11.5. The average Bonchev–Trinajstić information content (AvgIpc) is 2.73. The Balaban J connectivity index is 2.35. The molecule has 0 spiro atoms. The zero-order valence-electron chi connectivity index (χ0n) is 19.3. The van der Waals surface area contributed by atoms with Crippen molar-refractivity contribution in [3.05, 3.63) is 83.4 Å². The molecule has 0 radical (unpaired) electrons. The van der Waals surface area contributed by atoms with Gasteiger partial charge in [-0.15, -0.1) is 0 Å². The van der Waals surface area contributed by atoms with Crippen LogP contribution in [0.5, 0.6) is 0 Å². The number of hydrogen-bond donors (Lipinski definition) is 0. The summed E-state index contributed by atoms with van der Waals surface area (Å²) in [5.74, 6) is -0.730. The minimum Gasteiger partial charge on any atom is -0.459 e. The predicted molar refractivity (Wildman–Crippen MR) is 126 cm³/mol. The standard InChI is InChI=1S/C28H31NO2/c1-19(2)21-14-9-10-16-23(21)25(28(6,18-29)26(30)31-27(3,4)5)24-17-11-13-20-12-7-8-15-22(20)24/h7-17,19,25H,1-6H3/t25-,28+/m1/s1. The third-order valence-corrected chi connectivity index (χ3v) is 5.70. The summed E-state index contributed by atoms with van der Waals surface area (Å²) in [7, 11) is 0. The van der Waals surface area contributed by atoms with Crippen LogP contribution in [0.2, 0.25) is 0 Å². The topological polar surface area (TPSA) is 50.1 Å². The van der Waals surface area contributed by atoms with Crippen molar-refractivity contribution < 1.29 is 9.53 Å². The molecule has 0 unspecified atom stereocenters. The van der Waals surface area contributed by atoms with Gasteiger partial charge in [-0.2, -0.15) is 5.26 Å². The Bertz CT molecular complexity index is 1130. The van der Waals surface area contributed by atoms with Crippen molar-refractivity contribution in [2.24, 2.45) is 5.41 Å². The van der Waals surface area contributed by atoms with Gasteiger partial charge < -0.3 is 4.74 Å². The van der Waals surface area contributed by atoms with Crippen LogP contribution in [-0.4, -0.2) is 11.6 Å². The maximum absolute atomic E-state index is 13.5. The van der Waals surface area contributed by atoms with Gasteiger partial charge in [-0.25, -0.2) is 0 Å². The molecule has 0 saturated carbocycles. The van der Waals surface area contributed by atoms with Crippen LogP contribution in [0.4, 0.5) is 0 Å². The van der Waals surface area contributed by atoms with Crippen molar-refractivity contribution in [1.29, 1.82) is 5.26 Å². The van der Waals surface area contributed by atoms with E-state index in [0.717, 1.165) is 27.5 Å². The molecule has 0 aliphatic rings. The molecule has 0 aliphatic carbocycles. The second-order valence-corrected chi connectivity index (χ2v) is 9.60. The van der Waals surface area contributed by atoms with Crippen molar-refractivity contribution in [3.63, 3.8) is 0 Å². The zero-order chi connectivity index (χ0) is 22.8. The van der Waals surface area contributed by atoms with Crippen LogP contribution in [0.25, 0.3) is 10.8 Å². The fraction of sp³-hybridized carbons (Fsp3) is 0.357. The lowest BCUT2D eigenvalue weighted by Gasteiger charge is -2.35. The number of benzene rings is 3. The number of carbonyl (C=O) groups excluding carboxylic acids is 1. The summed E-state index contributed by atoms with van der Waals surface area (Å²) in [5.41, 5.74) is 0.994. The highest BCUT2D eigenvalue weighted by Crippen LogP contribution is 2.46. The van der Waals surface area contributed by atoms with Gasteiger partial charge in [-0.05, 0) is 61.1 Å². The Morgan fingerprint density at radius 1 is 0.839 bits per heavy atom. The Morgan fingerprint density at radius 3 is 2.00 bits per heavy atom. The molecule has 3 nitrogen and oxygen atoms in total. The Labute approximate surface area is 185 Å². The SMILES string of the molecule is CC(C)c1ccccc1[C@H](c1cccc2ccccc12)[C@](C)(C#N)C(=O)OC(C)(C)C. The number of hydrogen-bond acceptors (Lipinski definition) is 3. The molecule has 3 rings (SSSR count). The highest BCUT2D eigenvalue weighted by molar-refractivity contribution is 5.89. The number of esters is 1. The van der Waals surface area contributed by atoms with Crippen LogP contribution in [0.3, 0.4) is 0 Å². The lowest BCUT2D eigenvalue weighted by atomic mass is 9.68. The smallest absolute Gasteiger partial charge is 0.327 e. The lowest BCUT2D eigenvalue weighted by molar-refractivity contribution is -0.164. The Morgan fingerprint density at radius 2 is 1.39 bits per heavy atom. The second kappa shape index (κ2) is 8.55. The monoisotopic (exact) mass is 413 g/mol. The zero-order valence-corrected chi connectivity index (χ0v) is 19.3. The van der Waals surface area contributed by atoms with Gasteiger partial charge in [0, 0.05) is 5.92 Å². The molecule has 3 aromatic rings. The van der Waals surface area contributed by atoms with E-state index in [4.69, 9.17) is 4.74 Å². The van der Waals surface area contributed by atoms with E-state index in [1.165, 1.54) is 0 Å². The third-order valence-electron chi connectivity index (χ3n) is 5.70. The van der Waals surface area contributed by atoms with E-state index in [2.05, 4.69) is 44.2 Å². The molecule has 0 heterocycles. The fourth-order valence-electron chi connectivity index (χ4n) is 4.20. The first-order valence-corrected chi connectivity index (χ1v) is 10.8. The minimum absolute atomic E-state index is 0.246. The van der Waals surface area contributed by atoms with Gasteiger partial charge in [-0.1, -0.05) is 80.6 Å². The van der Waals surface area contributed by atoms with Gasteiger partial charge in [0.2, 0.25) is 0 Å². The number of nitrogens with zero attached hydrogens (tertiary/aromatic N) is 1. The van der Waals surface area contributed by atoms with Crippen molar-refractivity contribution in [2.45, 2.75) is 59.0 Å². The molecule has 0 N–H and O–H groups in total. The van der Waals surface area contributed by atoms with Gasteiger partial charge in [0.15, 0.2) is 5.41 Å². The minimum atomic E-state index is -1.40.